The number of hydrogen-bond acceptors (Lipinski definition) is 5. The monoisotopic (exact) mass is 391 g/mol. The van der Waals surface area contributed by atoms with Crippen molar-refractivity contribution >= 4 is 22.5 Å². The van der Waals surface area contributed by atoms with Gasteiger partial charge >= 0.3 is 0 Å². The van der Waals surface area contributed by atoms with E-state index in [1.54, 1.807) is 13.3 Å². The van der Waals surface area contributed by atoms with Gasteiger partial charge < -0.3 is 20.1 Å². The highest BCUT2D eigenvalue weighted by Crippen LogP contribution is 2.32. The number of carbonyl (C=O) groups excluding carboxylic acids is 1. The Bertz CT molecular complexity index is 971. The van der Waals surface area contributed by atoms with Crippen LogP contribution in [0.5, 0.6) is 11.5 Å². The van der Waals surface area contributed by atoms with Crippen LogP contribution in [0.2, 0.25) is 0 Å². The van der Waals surface area contributed by atoms with Gasteiger partial charge in [-0.25, -0.2) is 0 Å². The first-order valence-corrected chi connectivity index (χ1v) is 9.83. The van der Waals surface area contributed by atoms with E-state index >= 15 is 0 Å². The van der Waals surface area contributed by atoms with Gasteiger partial charge in [0, 0.05) is 24.4 Å². The summed E-state index contributed by atoms with van der Waals surface area (Å²) in [4.78, 5) is 17.3. The predicted molar refractivity (Wildman–Crippen MR) is 113 cm³/mol. The number of anilines is 1. The Morgan fingerprint density at radius 2 is 1.86 bits per heavy atom. The zero-order chi connectivity index (χ0) is 20.1. The molecule has 0 radical (unpaired) electrons. The largest absolute Gasteiger partial charge is 0.457 e. The Balaban J connectivity index is 1.47. The molecule has 2 heterocycles. The van der Waals surface area contributed by atoms with Crippen molar-refractivity contribution in [3.63, 3.8) is 0 Å². The Morgan fingerprint density at radius 3 is 2.62 bits per heavy atom. The van der Waals surface area contributed by atoms with Crippen LogP contribution in [0.4, 0.5) is 5.69 Å². The lowest BCUT2D eigenvalue weighted by atomic mass is 9.78. The van der Waals surface area contributed by atoms with E-state index in [0.717, 1.165) is 48.3 Å². The first kappa shape index (κ1) is 19.4. The van der Waals surface area contributed by atoms with E-state index in [1.807, 2.05) is 54.6 Å². The highest BCUT2D eigenvalue weighted by Gasteiger charge is 2.39. The second-order valence-corrected chi connectivity index (χ2v) is 7.37. The van der Waals surface area contributed by atoms with Crippen LogP contribution in [0.3, 0.4) is 0 Å². The fourth-order valence-corrected chi connectivity index (χ4v) is 3.77. The third kappa shape index (κ3) is 4.23. The van der Waals surface area contributed by atoms with Crippen molar-refractivity contribution < 1.29 is 14.3 Å². The minimum atomic E-state index is -0.481. The number of methoxy groups -OCH3 is 1. The molecule has 1 aromatic heterocycles. The van der Waals surface area contributed by atoms with E-state index < -0.39 is 5.41 Å². The lowest BCUT2D eigenvalue weighted by Crippen LogP contribution is -2.47. The molecular formula is C23H25N3O3. The highest BCUT2D eigenvalue weighted by molar-refractivity contribution is 5.95. The van der Waals surface area contributed by atoms with Crippen molar-refractivity contribution in [1.29, 1.82) is 0 Å². The number of pyridine rings is 1. The molecule has 2 aromatic carbocycles. The lowest BCUT2D eigenvalue weighted by Gasteiger charge is -2.35. The first-order chi connectivity index (χ1) is 14.2. The molecule has 0 spiro atoms. The minimum Gasteiger partial charge on any atom is -0.457 e. The normalized spacial score (nSPS) is 15.8. The standard InChI is InChI=1S/C23H25N3O3/c1-28-16-23(11-14-24-15-12-23)22(27)26-17-6-8-18(9-7-17)29-21-10-13-25-20-5-3-2-4-19(20)21/h2-10,13,24H,11-12,14-16H2,1H3,(H,26,27). The molecule has 29 heavy (non-hydrogen) atoms. The molecule has 150 valence electrons. The summed E-state index contributed by atoms with van der Waals surface area (Å²) >= 11 is 0. The SMILES string of the molecule is COCC1(C(=O)Nc2ccc(Oc3ccnc4ccccc34)cc2)CCNCC1. The molecule has 6 nitrogen and oxygen atoms in total. The summed E-state index contributed by atoms with van der Waals surface area (Å²) in [5.74, 6) is 1.46. The smallest absolute Gasteiger partial charge is 0.233 e. The lowest BCUT2D eigenvalue weighted by molar-refractivity contribution is -0.130. The van der Waals surface area contributed by atoms with Crippen molar-refractivity contribution in [2.24, 2.45) is 5.41 Å². The second-order valence-electron chi connectivity index (χ2n) is 7.37. The maximum atomic E-state index is 12.9. The average Bonchev–Trinajstić information content (AvgIpc) is 2.76. The molecule has 1 fully saturated rings. The van der Waals surface area contributed by atoms with Crippen molar-refractivity contribution in [3.8, 4) is 11.5 Å². The molecule has 2 N–H and O–H groups in total. The summed E-state index contributed by atoms with van der Waals surface area (Å²) in [6, 6.07) is 17.1. The molecule has 1 amide bonds. The molecule has 1 aliphatic rings. The summed E-state index contributed by atoms with van der Waals surface area (Å²) in [6.45, 7) is 2.07. The van der Waals surface area contributed by atoms with Gasteiger partial charge in [-0.15, -0.1) is 0 Å². The summed E-state index contributed by atoms with van der Waals surface area (Å²) in [5, 5.41) is 7.31. The number of para-hydroxylation sites is 1. The number of piperidine rings is 1. The Labute approximate surface area is 170 Å². The number of aromatic nitrogens is 1. The van der Waals surface area contributed by atoms with E-state index in [9.17, 15) is 4.79 Å². The molecule has 0 unspecified atom stereocenters. The van der Waals surface area contributed by atoms with Crippen LogP contribution in [-0.4, -0.2) is 37.7 Å². The van der Waals surface area contributed by atoms with E-state index in [2.05, 4.69) is 15.6 Å². The quantitative estimate of drug-likeness (QED) is 0.665. The molecular weight excluding hydrogens is 366 g/mol. The summed E-state index contributed by atoms with van der Waals surface area (Å²) in [7, 11) is 1.64. The maximum absolute atomic E-state index is 12.9. The summed E-state index contributed by atoms with van der Waals surface area (Å²) in [5.41, 5.74) is 1.15. The number of rotatable bonds is 6. The molecule has 0 atom stereocenters. The summed E-state index contributed by atoms with van der Waals surface area (Å²) in [6.07, 6.45) is 3.27. The zero-order valence-electron chi connectivity index (χ0n) is 16.5. The van der Waals surface area contributed by atoms with E-state index in [4.69, 9.17) is 9.47 Å². The molecule has 0 saturated carbocycles. The van der Waals surface area contributed by atoms with Gasteiger partial charge in [-0.2, -0.15) is 0 Å². The number of fused-ring (bicyclic) bond motifs is 1. The minimum absolute atomic E-state index is 0.00893. The Kier molecular flexibility index (Phi) is 5.74. The van der Waals surface area contributed by atoms with Crippen molar-refractivity contribution in [3.05, 3.63) is 60.8 Å². The molecule has 3 aromatic rings. The van der Waals surface area contributed by atoms with Gasteiger partial charge in [-0.1, -0.05) is 12.1 Å². The third-order valence-electron chi connectivity index (χ3n) is 5.41. The van der Waals surface area contributed by atoms with E-state index in [1.165, 1.54) is 0 Å². The van der Waals surface area contributed by atoms with Gasteiger partial charge in [0.05, 0.1) is 17.5 Å². The van der Waals surface area contributed by atoms with Gasteiger partial charge in [-0.3, -0.25) is 9.78 Å². The number of benzene rings is 2. The van der Waals surface area contributed by atoms with Gasteiger partial charge in [0.15, 0.2) is 0 Å². The van der Waals surface area contributed by atoms with Gasteiger partial charge in [0.25, 0.3) is 0 Å². The van der Waals surface area contributed by atoms with Crippen molar-refractivity contribution in [1.82, 2.24) is 10.3 Å². The number of hydrogen-bond donors (Lipinski definition) is 2. The number of ether oxygens (including phenoxy) is 2. The van der Waals surface area contributed by atoms with E-state index in [-0.39, 0.29) is 5.91 Å². The number of nitrogens with one attached hydrogen (secondary N) is 2. The summed E-state index contributed by atoms with van der Waals surface area (Å²) < 4.78 is 11.4. The fraction of sp³-hybridized carbons (Fsp3) is 0.304. The van der Waals surface area contributed by atoms with Crippen molar-refractivity contribution in [2.75, 3.05) is 32.1 Å². The molecule has 6 heteroatoms. The van der Waals surface area contributed by atoms with Crippen LogP contribution in [0.1, 0.15) is 12.8 Å². The van der Waals surface area contributed by atoms with Crippen LogP contribution in [-0.2, 0) is 9.53 Å². The zero-order valence-corrected chi connectivity index (χ0v) is 16.5. The Morgan fingerprint density at radius 1 is 1.10 bits per heavy atom. The van der Waals surface area contributed by atoms with Crippen LogP contribution in [0.15, 0.2) is 60.8 Å². The van der Waals surface area contributed by atoms with Crippen LogP contribution >= 0.6 is 0 Å². The van der Waals surface area contributed by atoms with Gasteiger partial charge in [0.2, 0.25) is 5.91 Å². The number of nitrogens with zero attached hydrogens (tertiary/aromatic N) is 1. The Hall–Kier alpha value is -2.96. The number of carbonyl (C=O) groups is 1. The average molecular weight is 391 g/mol. The molecule has 0 aliphatic carbocycles. The van der Waals surface area contributed by atoms with Crippen LogP contribution < -0.4 is 15.4 Å². The molecule has 1 aliphatic heterocycles. The fourth-order valence-electron chi connectivity index (χ4n) is 3.77. The second kappa shape index (κ2) is 8.59. The predicted octanol–water partition coefficient (Wildman–Crippen LogP) is 3.98. The van der Waals surface area contributed by atoms with Gasteiger partial charge in [-0.05, 0) is 68.4 Å². The van der Waals surface area contributed by atoms with Crippen LogP contribution in [0.25, 0.3) is 10.9 Å². The highest BCUT2D eigenvalue weighted by atomic mass is 16.5. The number of amides is 1. The van der Waals surface area contributed by atoms with E-state index in [0.29, 0.717) is 12.4 Å². The van der Waals surface area contributed by atoms with Crippen molar-refractivity contribution in [2.45, 2.75) is 12.8 Å². The molecule has 1 saturated heterocycles. The molecule has 0 bridgehead atoms. The van der Waals surface area contributed by atoms with Crippen LogP contribution in [0, 0.1) is 5.41 Å². The first-order valence-electron chi connectivity index (χ1n) is 9.83. The molecule has 4 rings (SSSR count). The topological polar surface area (TPSA) is 72.5 Å². The van der Waals surface area contributed by atoms with Gasteiger partial charge in [0.1, 0.15) is 11.5 Å². The third-order valence-corrected chi connectivity index (χ3v) is 5.41. The maximum Gasteiger partial charge on any atom is 0.233 e.